The molecule has 276 valence electrons. The first-order chi connectivity index (χ1) is 25.2. The molecule has 0 radical (unpaired) electrons. The molecule has 1 fully saturated rings. The van der Waals surface area contributed by atoms with E-state index in [0.717, 1.165) is 0 Å². The van der Waals surface area contributed by atoms with E-state index < -0.39 is 20.0 Å². The minimum absolute atomic E-state index is 0.239. The number of rotatable bonds is 8. The van der Waals surface area contributed by atoms with E-state index in [2.05, 4.69) is 91.1 Å². The van der Waals surface area contributed by atoms with Crippen molar-refractivity contribution in [2.75, 3.05) is 33.1 Å². The van der Waals surface area contributed by atoms with Crippen LogP contribution >= 0.6 is 0 Å². The number of likely N-dealkylation sites (tertiary alicyclic amines) is 1. The molecule has 3 heterocycles. The van der Waals surface area contributed by atoms with Crippen LogP contribution in [0.4, 0.5) is 10.6 Å². The molecule has 2 N–H and O–H groups in total. The van der Waals surface area contributed by atoms with E-state index in [0.29, 0.717) is 53.4 Å². The number of hydrogen-bond acceptors (Lipinski definition) is 9. The van der Waals surface area contributed by atoms with Crippen LogP contribution in [0.1, 0.15) is 65.3 Å². The molecule has 1 amide bonds. The van der Waals surface area contributed by atoms with Crippen LogP contribution in [0, 0.1) is 11.8 Å². The lowest BCUT2D eigenvalue weighted by Gasteiger charge is -2.44. The second-order valence-electron chi connectivity index (χ2n) is 15.3. The van der Waals surface area contributed by atoms with Crippen LogP contribution in [0.15, 0.2) is 85.2 Å². The van der Waals surface area contributed by atoms with Gasteiger partial charge in [-0.2, -0.15) is 5.10 Å². The van der Waals surface area contributed by atoms with Crippen molar-refractivity contribution >= 4 is 41.6 Å². The molecule has 1 saturated heterocycles. The number of benzene rings is 3. The Bertz CT molecular complexity index is 2070. The third kappa shape index (κ3) is 7.72. The maximum absolute atomic E-state index is 13.9. The summed E-state index contributed by atoms with van der Waals surface area (Å²) in [4.78, 5) is 24.6. The van der Waals surface area contributed by atoms with Crippen LogP contribution in [0.5, 0.6) is 11.5 Å². The topological polar surface area (TPSA) is 127 Å². The highest BCUT2D eigenvalue weighted by Crippen LogP contribution is 2.39. The molecule has 2 aromatic heterocycles. The second-order valence-corrected chi connectivity index (χ2v) is 19.6. The van der Waals surface area contributed by atoms with Crippen LogP contribution in [0.3, 0.4) is 0 Å². The van der Waals surface area contributed by atoms with E-state index in [1.807, 2.05) is 49.7 Å². The summed E-state index contributed by atoms with van der Waals surface area (Å²) < 4.78 is 26.0. The van der Waals surface area contributed by atoms with Gasteiger partial charge in [0.2, 0.25) is 0 Å². The predicted octanol–water partition coefficient (Wildman–Crippen LogP) is 5.95. The molecule has 0 spiro atoms. The number of nitrogens with zero attached hydrogens (tertiary/aromatic N) is 5. The quantitative estimate of drug-likeness (QED) is 0.152. The van der Waals surface area contributed by atoms with Crippen molar-refractivity contribution in [1.29, 1.82) is 0 Å². The van der Waals surface area contributed by atoms with E-state index in [-0.39, 0.29) is 22.9 Å². The van der Waals surface area contributed by atoms with Gasteiger partial charge in [-0.15, -0.1) is 0 Å². The normalized spacial score (nSPS) is 16.3. The first-order valence-electron chi connectivity index (χ1n) is 17.7. The minimum atomic E-state index is -2.91. The van der Waals surface area contributed by atoms with Crippen LogP contribution in [0.2, 0.25) is 5.04 Å². The van der Waals surface area contributed by atoms with Gasteiger partial charge in [-0.25, -0.2) is 19.4 Å². The first-order valence-corrected chi connectivity index (χ1v) is 19.6. The van der Waals surface area contributed by atoms with Crippen molar-refractivity contribution in [3.8, 4) is 23.3 Å². The van der Waals surface area contributed by atoms with Gasteiger partial charge in [-0.05, 0) is 60.7 Å². The molecule has 1 aliphatic heterocycles. The maximum atomic E-state index is 13.9. The summed E-state index contributed by atoms with van der Waals surface area (Å²) in [5.41, 5.74) is 7.39. The molecule has 0 aliphatic carbocycles. The van der Waals surface area contributed by atoms with Gasteiger partial charge in [0.05, 0.1) is 38.3 Å². The maximum Gasteiger partial charge on any atom is 0.410 e. The van der Waals surface area contributed by atoms with Crippen molar-refractivity contribution in [3.63, 3.8) is 0 Å². The monoisotopic (exact) mass is 732 g/mol. The predicted molar refractivity (Wildman–Crippen MR) is 209 cm³/mol. The molecule has 53 heavy (non-hydrogen) atoms. The molecule has 5 aromatic rings. The highest BCUT2D eigenvalue weighted by molar-refractivity contribution is 6.99. The third-order valence-corrected chi connectivity index (χ3v) is 14.5. The summed E-state index contributed by atoms with van der Waals surface area (Å²) >= 11 is 0. The highest BCUT2D eigenvalue weighted by atomic mass is 28.4. The molecular formula is C41H48N6O5Si. The fourth-order valence-corrected chi connectivity index (χ4v) is 11.7. The van der Waals surface area contributed by atoms with Crippen LogP contribution in [-0.4, -0.2) is 78.1 Å². The fraction of sp³-hybridized carbons (Fsp3) is 0.366. The lowest BCUT2D eigenvalue weighted by atomic mass is 10.2. The van der Waals surface area contributed by atoms with Gasteiger partial charge >= 0.3 is 6.09 Å². The Labute approximate surface area is 312 Å². The zero-order valence-electron chi connectivity index (χ0n) is 31.7. The van der Waals surface area contributed by atoms with Gasteiger partial charge in [-0.3, -0.25) is 0 Å². The summed E-state index contributed by atoms with van der Waals surface area (Å²) in [7, 11) is 0.275. The number of ether oxygens (including phenoxy) is 3. The van der Waals surface area contributed by atoms with Gasteiger partial charge in [0.1, 0.15) is 34.9 Å². The van der Waals surface area contributed by atoms with Gasteiger partial charge in [0.25, 0.3) is 8.32 Å². The van der Waals surface area contributed by atoms with E-state index in [9.17, 15) is 4.79 Å². The first kappa shape index (κ1) is 37.4. The Hall–Kier alpha value is -5.38. The Kier molecular flexibility index (Phi) is 10.5. The molecule has 0 saturated carbocycles. The Morgan fingerprint density at radius 2 is 1.49 bits per heavy atom. The van der Waals surface area contributed by atoms with E-state index in [4.69, 9.17) is 29.5 Å². The number of carbonyl (C=O) groups is 1. The Morgan fingerprint density at radius 1 is 0.887 bits per heavy atom. The number of aromatic nitrogens is 4. The molecule has 1 aliphatic rings. The van der Waals surface area contributed by atoms with E-state index in [1.165, 1.54) is 16.7 Å². The zero-order valence-corrected chi connectivity index (χ0v) is 32.7. The zero-order chi connectivity index (χ0) is 38.0. The number of fused-ring (bicyclic) bond motifs is 1. The van der Waals surface area contributed by atoms with Crippen molar-refractivity contribution in [2.24, 2.45) is 0 Å². The number of amides is 1. The smallest absolute Gasteiger partial charge is 0.410 e. The molecule has 2 unspecified atom stereocenters. The van der Waals surface area contributed by atoms with E-state index in [1.54, 1.807) is 25.2 Å². The molecule has 3 aromatic carbocycles. The largest absolute Gasteiger partial charge is 0.497 e. The summed E-state index contributed by atoms with van der Waals surface area (Å²) in [5, 5.41) is 7.61. The van der Waals surface area contributed by atoms with Gasteiger partial charge < -0.3 is 29.3 Å². The Morgan fingerprint density at radius 3 is 2.04 bits per heavy atom. The number of nitrogens with two attached hydrogens (primary N) is 1. The van der Waals surface area contributed by atoms with Gasteiger partial charge in [0.15, 0.2) is 5.65 Å². The SMILES string of the molecule is COc1cc(C#Cc2nn(C3CC(CO[Si](c4ccccc4)(c4ccccc4)C(C)(C)C)N(C(=O)OC(C)(C)C)C3)c3ncnc(N)c23)cc(OC)c1. The summed E-state index contributed by atoms with van der Waals surface area (Å²) in [6.45, 7) is 13.0. The summed E-state index contributed by atoms with van der Waals surface area (Å²) in [6.07, 6.45) is 1.55. The fourth-order valence-electron chi connectivity index (χ4n) is 7.10. The minimum Gasteiger partial charge on any atom is -0.497 e. The highest BCUT2D eigenvalue weighted by Gasteiger charge is 2.51. The number of carbonyl (C=O) groups excluding carboxylic acids is 1. The third-order valence-electron chi connectivity index (χ3n) is 9.47. The second kappa shape index (κ2) is 14.9. The number of nitrogen functional groups attached to an aromatic ring is 1. The average molecular weight is 733 g/mol. The van der Waals surface area contributed by atoms with E-state index >= 15 is 0 Å². The molecule has 11 nitrogen and oxygen atoms in total. The van der Waals surface area contributed by atoms with Gasteiger partial charge in [0, 0.05) is 18.2 Å². The van der Waals surface area contributed by atoms with Crippen molar-refractivity contribution in [3.05, 3.63) is 96.4 Å². The number of methoxy groups -OCH3 is 2. The van der Waals surface area contributed by atoms with Crippen LogP contribution < -0.4 is 25.6 Å². The molecule has 2 atom stereocenters. The summed E-state index contributed by atoms with van der Waals surface area (Å²) in [6, 6.07) is 25.8. The molecule has 0 bridgehead atoms. The Balaban J connectivity index is 1.40. The van der Waals surface area contributed by atoms with Gasteiger partial charge in [-0.1, -0.05) is 87.4 Å². The molecule has 12 heteroatoms. The molecular weight excluding hydrogens is 685 g/mol. The standard InChI is InChI=1S/C41H48N6O5Si/c1-40(2,3)52-39(48)46-25-29(23-30(46)26-51-53(41(4,5)6,33-15-11-9-12-16-33)34-17-13-10-14-18-34)47-38-36(37(42)43-27-44-38)35(45-47)20-19-28-21-31(49-7)24-32(22-28)50-8/h9-18,21-22,24,27,29-30H,23,25-26H2,1-8H3,(H2,42,43,44). The summed E-state index contributed by atoms with van der Waals surface area (Å²) in [5.74, 6) is 7.87. The van der Waals surface area contributed by atoms with Crippen molar-refractivity contribution < 1.29 is 23.4 Å². The lowest BCUT2D eigenvalue weighted by Crippen LogP contribution is -2.67. The van der Waals surface area contributed by atoms with Crippen molar-refractivity contribution in [2.45, 2.75) is 70.7 Å². The number of anilines is 1. The molecule has 6 rings (SSSR count). The number of hydrogen-bond donors (Lipinski definition) is 1. The van der Waals surface area contributed by atoms with Crippen LogP contribution in [-0.2, 0) is 9.16 Å². The van der Waals surface area contributed by atoms with Crippen molar-refractivity contribution in [1.82, 2.24) is 24.6 Å². The average Bonchev–Trinajstić information content (AvgIpc) is 3.73. The lowest BCUT2D eigenvalue weighted by molar-refractivity contribution is 0.0180. The van der Waals surface area contributed by atoms with Crippen LogP contribution in [0.25, 0.3) is 11.0 Å².